The number of hydrogen-bond acceptors (Lipinski definition) is 3. The number of nitrogens with two attached hydrogens (primary N) is 1. The molecule has 0 spiro atoms. The first-order valence-corrected chi connectivity index (χ1v) is 6.74. The molecule has 4 nitrogen and oxygen atoms in total. The summed E-state index contributed by atoms with van der Waals surface area (Å²) in [5.74, 6) is -0.626. The number of halogens is 2. The van der Waals surface area contributed by atoms with Crippen LogP contribution >= 0.6 is 15.9 Å². The van der Waals surface area contributed by atoms with E-state index in [9.17, 15) is 9.18 Å². The molecule has 0 saturated heterocycles. The van der Waals surface area contributed by atoms with Gasteiger partial charge in [-0.2, -0.15) is 0 Å². The summed E-state index contributed by atoms with van der Waals surface area (Å²) in [4.78, 5) is 16.0. The van der Waals surface area contributed by atoms with E-state index in [1.807, 2.05) is 0 Å². The first kappa shape index (κ1) is 14.5. The van der Waals surface area contributed by atoms with Gasteiger partial charge in [0.05, 0.1) is 11.6 Å². The molecule has 0 aliphatic heterocycles. The number of benzene rings is 1. The standard InChI is InChI=1S/C14H13BrFN3O/c1-8(10-4-2-3-5-12(10)16)19-14(20)11-6-9(15)7-18-13(11)17/h2-8H,1H3,(H2,17,18)(H,19,20). The van der Waals surface area contributed by atoms with E-state index in [0.29, 0.717) is 10.0 Å². The van der Waals surface area contributed by atoms with Crippen LogP contribution in [-0.2, 0) is 0 Å². The molecule has 0 bridgehead atoms. The predicted octanol–water partition coefficient (Wildman–Crippen LogP) is 3.06. The van der Waals surface area contributed by atoms with E-state index in [2.05, 4.69) is 26.2 Å². The van der Waals surface area contributed by atoms with Crippen molar-refractivity contribution in [3.63, 3.8) is 0 Å². The van der Waals surface area contributed by atoms with Gasteiger partial charge in [-0.3, -0.25) is 4.79 Å². The van der Waals surface area contributed by atoms with E-state index in [4.69, 9.17) is 5.73 Å². The van der Waals surface area contributed by atoms with Crippen molar-refractivity contribution in [2.45, 2.75) is 13.0 Å². The number of nitrogens with one attached hydrogen (secondary N) is 1. The van der Waals surface area contributed by atoms with Crippen LogP contribution in [0.2, 0.25) is 0 Å². The number of rotatable bonds is 3. The van der Waals surface area contributed by atoms with Crippen molar-refractivity contribution >= 4 is 27.7 Å². The third-order valence-electron chi connectivity index (χ3n) is 2.85. The highest BCUT2D eigenvalue weighted by Gasteiger charge is 2.16. The Morgan fingerprint density at radius 3 is 2.85 bits per heavy atom. The highest BCUT2D eigenvalue weighted by atomic mass is 79.9. The summed E-state index contributed by atoms with van der Waals surface area (Å²) in [5.41, 5.74) is 6.34. The molecule has 1 amide bonds. The Balaban J connectivity index is 2.20. The van der Waals surface area contributed by atoms with E-state index in [-0.39, 0.29) is 17.2 Å². The highest BCUT2D eigenvalue weighted by molar-refractivity contribution is 9.10. The van der Waals surface area contributed by atoms with Crippen molar-refractivity contribution in [1.29, 1.82) is 0 Å². The highest BCUT2D eigenvalue weighted by Crippen LogP contribution is 2.19. The average Bonchev–Trinajstić information content (AvgIpc) is 2.41. The van der Waals surface area contributed by atoms with Crippen LogP contribution in [0.1, 0.15) is 28.9 Å². The van der Waals surface area contributed by atoms with E-state index < -0.39 is 11.9 Å². The van der Waals surface area contributed by atoms with Crippen LogP contribution in [0.15, 0.2) is 41.0 Å². The summed E-state index contributed by atoms with van der Waals surface area (Å²) >= 11 is 3.23. The van der Waals surface area contributed by atoms with Gasteiger partial charge in [0.15, 0.2) is 0 Å². The molecule has 1 aromatic heterocycles. The lowest BCUT2D eigenvalue weighted by molar-refractivity contribution is 0.0940. The molecule has 2 aromatic rings. The Bertz CT molecular complexity index is 648. The van der Waals surface area contributed by atoms with Gasteiger partial charge < -0.3 is 11.1 Å². The number of nitrogens with zero attached hydrogens (tertiary/aromatic N) is 1. The minimum Gasteiger partial charge on any atom is -0.383 e. The molecule has 0 aliphatic rings. The van der Waals surface area contributed by atoms with Crippen molar-refractivity contribution in [2.24, 2.45) is 0 Å². The smallest absolute Gasteiger partial charge is 0.255 e. The first-order chi connectivity index (χ1) is 9.49. The first-order valence-electron chi connectivity index (χ1n) is 5.95. The molecule has 3 N–H and O–H groups in total. The van der Waals surface area contributed by atoms with Crippen LogP contribution in [0.25, 0.3) is 0 Å². The fourth-order valence-corrected chi connectivity index (χ4v) is 2.14. The zero-order chi connectivity index (χ0) is 14.7. The van der Waals surface area contributed by atoms with Gasteiger partial charge in [0.25, 0.3) is 5.91 Å². The van der Waals surface area contributed by atoms with Crippen LogP contribution in [-0.4, -0.2) is 10.9 Å². The molecular weight excluding hydrogens is 325 g/mol. The van der Waals surface area contributed by atoms with Gasteiger partial charge in [0.1, 0.15) is 11.6 Å². The third kappa shape index (κ3) is 3.14. The van der Waals surface area contributed by atoms with Crippen molar-refractivity contribution in [1.82, 2.24) is 10.3 Å². The summed E-state index contributed by atoms with van der Waals surface area (Å²) in [5, 5.41) is 2.70. The second-order valence-corrected chi connectivity index (χ2v) is 5.22. The Morgan fingerprint density at radius 2 is 2.15 bits per heavy atom. The lowest BCUT2D eigenvalue weighted by atomic mass is 10.1. The quantitative estimate of drug-likeness (QED) is 0.904. The number of carbonyl (C=O) groups excluding carboxylic acids is 1. The van der Waals surface area contributed by atoms with Crippen LogP contribution in [0.5, 0.6) is 0 Å². The molecule has 1 heterocycles. The van der Waals surface area contributed by atoms with Crippen molar-refractivity contribution in [3.8, 4) is 0 Å². The van der Waals surface area contributed by atoms with Gasteiger partial charge in [-0.1, -0.05) is 18.2 Å². The van der Waals surface area contributed by atoms with Crippen LogP contribution in [0.3, 0.4) is 0 Å². The predicted molar refractivity (Wildman–Crippen MR) is 78.6 cm³/mol. The van der Waals surface area contributed by atoms with Crippen molar-refractivity contribution in [2.75, 3.05) is 5.73 Å². The summed E-state index contributed by atoms with van der Waals surface area (Å²) < 4.78 is 14.3. The zero-order valence-corrected chi connectivity index (χ0v) is 12.3. The normalized spacial score (nSPS) is 11.9. The molecule has 6 heteroatoms. The Labute approximate surface area is 124 Å². The summed E-state index contributed by atoms with van der Waals surface area (Å²) in [7, 11) is 0. The maximum Gasteiger partial charge on any atom is 0.255 e. The Kier molecular flexibility index (Phi) is 4.34. The molecule has 1 atom stereocenters. The zero-order valence-electron chi connectivity index (χ0n) is 10.7. The largest absolute Gasteiger partial charge is 0.383 e. The van der Waals surface area contributed by atoms with Gasteiger partial charge in [-0.05, 0) is 35.0 Å². The lowest BCUT2D eigenvalue weighted by Crippen LogP contribution is -2.28. The second kappa shape index (κ2) is 6.00. The maximum atomic E-state index is 13.6. The van der Waals surface area contributed by atoms with E-state index >= 15 is 0 Å². The molecule has 2 rings (SSSR count). The summed E-state index contributed by atoms with van der Waals surface area (Å²) in [6, 6.07) is 7.41. The number of amides is 1. The second-order valence-electron chi connectivity index (χ2n) is 4.30. The average molecular weight is 338 g/mol. The van der Waals surface area contributed by atoms with Crippen molar-refractivity contribution < 1.29 is 9.18 Å². The van der Waals surface area contributed by atoms with E-state index in [1.165, 1.54) is 12.3 Å². The topological polar surface area (TPSA) is 68.0 Å². The number of hydrogen-bond donors (Lipinski definition) is 2. The fourth-order valence-electron chi connectivity index (χ4n) is 1.81. The van der Waals surface area contributed by atoms with Gasteiger partial charge in [0, 0.05) is 16.2 Å². The van der Waals surface area contributed by atoms with E-state index in [0.717, 1.165) is 0 Å². The summed E-state index contributed by atoms with van der Waals surface area (Å²) in [6.45, 7) is 1.71. The van der Waals surface area contributed by atoms with Crippen molar-refractivity contribution in [3.05, 3.63) is 57.9 Å². The van der Waals surface area contributed by atoms with E-state index in [1.54, 1.807) is 31.2 Å². The van der Waals surface area contributed by atoms with Gasteiger partial charge in [0.2, 0.25) is 0 Å². The van der Waals surface area contributed by atoms with Gasteiger partial charge in [-0.25, -0.2) is 9.37 Å². The molecule has 0 fully saturated rings. The molecule has 0 aliphatic carbocycles. The van der Waals surface area contributed by atoms with Crippen LogP contribution < -0.4 is 11.1 Å². The lowest BCUT2D eigenvalue weighted by Gasteiger charge is -2.15. The molecule has 1 unspecified atom stereocenters. The molecule has 0 radical (unpaired) electrons. The fraction of sp³-hybridized carbons (Fsp3) is 0.143. The monoisotopic (exact) mass is 337 g/mol. The Hall–Kier alpha value is -1.95. The third-order valence-corrected chi connectivity index (χ3v) is 3.28. The molecular formula is C14H13BrFN3O. The number of nitrogen functional groups attached to an aromatic ring is 1. The van der Waals surface area contributed by atoms with Gasteiger partial charge in [-0.15, -0.1) is 0 Å². The number of anilines is 1. The SMILES string of the molecule is CC(NC(=O)c1cc(Br)cnc1N)c1ccccc1F. The van der Waals surface area contributed by atoms with Gasteiger partial charge >= 0.3 is 0 Å². The number of carbonyl (C=O) groups is 1. The number of pyridine rings is 1. The maximum absolute atomic E-state index is 13.6. The molecule has 20 heavy (non-hydrogen) atoms. The minimum atomic E-state index is -0.470. The molecule has 1 aromatic carbocycles. The Morgan fingerprint density at radius 1 is 1.45 bits per heavy atom. The molecule has 104 valence electrons. The molecule has 0 saturated carbocycles. The van der Waals surface area contributed by atoms with Crippen LogP contribution in [0, 0.1) is 5.82 Å². The summed E-state index contributed by atoms with van der Waals surface area (Å²) in [6.07, 6.45) is 1.51. The number of aromatic nitrogens is 1. The minimum absolute atomic E-state index is 0.131. The van der Waals surface area contributed by atoms with Crippen LogP contribution in [0.4, 0.5) is 10.2 Å².